The van der Waals surface area contributed by atoms with Crippen molar-refractivity contribution in [2.45, 2.75) is 25.7 Å². The van der Waals surface area contributed by atoms with E-state index in [0.29, 0.717) is 0 Å². The molecule has 2 nitrogen and oxygen atoms in total. The van der Waals surface area contributed by atoms with Crippen LogP contribution in [-0.2, 0) is 17.6 Å². The highest BCUT2D eigenvalue weighted by Gasteiger charge is 2.30. The number of rotatable bonds is 2. The first-order valence-electron chi connectivity index (χ1n) is 6.67. The van der Waals surface area contributed by atoms with E-state index in [1.54, 1.807) is 0 Å². The van der Waals surface area contributed by atoms with Gasteiger partial charge in [-0.3, -0.25) is 4.79 Å². The van der Waals surface area contributed by atoms with E-state index >= 15 is 0 Å². The van der Waals surface area contributed by atoms with E-state index in [2.05, 4.69) is 35.6 Å². The number of nitrogens with one attached hydrogen (secondary N) is 1. The van der Waals surface area contributed by atoms with Gasteiger partial charge in [-0.25, -0.2) is 0 Å². The summed E-state index contributed by atoms with van der Waals surface area (Å²) in [7, 11) is 0. The molecule has 0 saturated heterocycles. The molecule has 0 radical (unpaired) electrons. The van der Waals surface area contributed by atoms with Gasteiger partial charge in [0.1, 0.15) is 0 Å². The molecule has 0 bridgehead atoms. The SMILES string of the molecule is O=C(Nc1ccc2c3c(cccc13)CC2)C1CC1. The van der Waals surface area contributed by atoms with Crippen molar-refractivity contribution in [1.82, 2.24) is 0 Å². The van der Waals surface area contributed by atoms with Crippen LogP contribution in [0.15, 0.2) is 30.3 Å². The molecule has 0 spiro atoms. The molecule has 90 valence electrons. The summed E-state index contributed by atoms with van der Waals surface area (Å²) in [6, 6.07) is 10.6. The summed E-state index contributed by atoms with van der Waals surface area (Å²) >= 11 is 0. The zero-order valence-corrected chi connectivity index (χ0v) is 10.2. The molecule has 2 aliphatic carbocycles. The van der Waals surface area contributed by atoms with Gasteiger partial charge in [0, 0.05) is 17.0 Å². The number of aryl methyl sites for hydroxylation is 2. The summed E-state index contributed by atoms with van der Waals surface area (Å²) in [6.45, 7) is 0. The van der Waals surface area contributed by atoms with E-state index in [1.165, 1.54) is 21.9 Å². The van der Waals surface area contributed by atoms with Crippen molar-refractivity contribution >= 4 is 22.4 Å². The predicted molar refractivity (Wildman–Crippen MR) is 72.7 cm³/mol. The Morgan fingerprint density at radius 1 is 1.06 bits per heavy atom. The normalized spacial score (nSPS) is 17.1. The molecule has 0 aromatic heterocycles. The lowest BCUT2D eigenvalue weighted by atomic mass is 10.0. The average molecular weight is 237 g/mol. The standard InChI is InChI=1S/C16H15NO/c18-16(12-6-7-12)17-14-9-8-11-5-4-10-2-1-3-13(14)15(10)11/h1-3,8-9,12H,4-7H2,(H,17,18). The zero-order valence-electron chi connectivity index (χ0n) is 10.2. The topological polar surface area (TPSA) is 29.1 Å². The van der Waals surface area contributed by atoms with Crippen LogP contribution in [0.4, 0.5) is 5.69 Å². The lowest BCUT2D eigenvalue weighted by molar-refractivity contribution is -0.117. The Morgan fingerprint density at radius 2 is 1.83 bits per heavy atom. The van der Waals surface area contributed by atoms with Crippen molar-refractivity contribution < 1.29 is 4.79 Å². The number of carbonyl (C=O) groups excluding carboxylic acids is 1. The monoisotopic (exact) mass is 237 g/mol. The lowest BCUT2D eigenvalue weighted by Gasteiger charge is -2.10. The van der Waals surface area contributed by atoms with E-state index < -0.39 is 0 Å². The van der Waals surface area contributed by atoms with Gasteiger partial charge in [0.2, 0.25) is 5.91 Å². The number of hydrogen-bond acceptors (Lipinski definition) is 1. The molecule has 2 heteroatoms. The maximum atomic E-state index is 11.9. The summed E-state index contributed by atoms with van der Waals surface area (Å²) in [4.78, 5) is 11.9. The van der Waals surface area contributed by atoms with Crippen LogP contribution in [0.1, 0.15) is 24.0 Å². The molecule has 2 aromatic rings. The highest BCUT2D eigenvalue weighted by Crippen LogP contribution is 2.36. The molecule has 18 heavy (non-hydrogen) atoms. The van der Waals surface area contributed by atoms with E-state index in [0.717, 1.165) is 31.4 Å². The second-order valence-electron chi connectivity index (χ2n) is 5.38. The van der Waals surface area contributed by atoms with Gasteiger partial charge in [-0.15, -0.1) is 0 Å². The molecule has 0 heterocycles. The van der Waals surface area contributed by atoms with Crippen molar-refractivity contribution in [3.8, 4) is 0 Å². The van der Waals surface area contributed by atoms with Gasteiger partial charge in [0.15, 0.2) is 0 Å². The summed E-state index contributed by atoms with van der Waals surface area (Å²) in [6.07, 6.45) is 4.36. The summed E-state index contributed by atoms with van der Waals surface area (Å²) < 4.78 is 0. The first kappa shape index (κ1) is 10.1. The maximum Gasteiger partial charge on any atom is 0.227 e. The van der Waals surface area contributed by atoms with Crippen LogP contribution < -0.4 is 5.32 Å². The predicted octanol–water partition coefficient (Wildman–Crippen LogP) is 3.29. The lowest BCUT2D eigenvalue weighted by Crippen LogP contribution is -2.13. The minimum Gasteiger partial charge on any atom is -0.325 e. The van der Waals surface area contributed by atoms with Crippen LogP contribution in [0.25, 0.3) is 10.8 Å². The number of benzene rings is 2. The zero-order chi connectivity index (χ0) is 12.1. The highest BCUT2D eigenvalue weighted by molar-refractivity contribution is 6.05. The van der Waals surface area contributed by atoms with E-state index in [1.807, 2.05) is 0 Å². The van der Waals surface area contributed by atoms with Gasteiger partial charge < -0.3 is 5.32 Å². The fourth-order valence-electron chi connectivity index (χ4n) is 2.94. The maximum absolute atomic E-state index is 11.9. The summed E-state index contributed by atoms with van der Waals surface area (Å²) in [5, 5.41) is 5.66. The highest BCUT2D eigenvalue weighted by atomic mass is 16.2. The van der Waals surface area contributed by atoms with E-state index in [9.17, 15) is 4.79 Å². The Bertz CT molecular complexity index is 645. The Hall–Kier alpha value is -1.83. The number of carbonyl (C=O) groups is 1. The van der Waals surface area contributed by atoms with Crippen LogP contribution in [0.2, 0.25) is 0 Å². The fourth-order valence-corrected chi connectivity index (χ4v) is 2.94. The van der Waals surface area contributed by atoms with Gasteiger partial charge in [0.25, 0.3) is 0 Å². The number of anilines is 1. The first-order valence-corrected chi connectivity index (χ1v) is 6.67. The second kappa shape index (κ2) is 3.58. The Labute approximate surface area is 106 Å². The van der Waals surface area contributed by atoms with Crippen LogP contribution in [0, 0.1) is 5.92 Å². The van der Waals surface area contributed by atoms with Crippen molar-refractivity contribution in [2.75, 3.05) is 5.32 Å². The molecule has 1 fully saturated rings. The third-order valence-electron chi connectivity index (χ3n) is 4.08. The number of amides is 1. The molecule has 1 amide bonds. The molecule has 0 aliphatic heterocycles. The summed E-state index contributed by atoms with van der Waals surface area (Å²) in [5.74, 6) is 0.446. The van der Waals surface area contributed by atoms with Crippen LogP contribution in [0.3, 0.4) is 0 Å². The minimum atomic E-state index is 0.189. The minimum absolute atomic E-state index is 0.189. The third kappa shape index (κ3) is 1.45. The second-order valence-corrected chi connectivity index (χ2v) is 5.38. The molecule has 1 N–H and O–H groups in total. The van der Waals surface area contributed by atoms with Gasteiger partial charge in [-0.1, -0.05) is 24.3 Å². The quantitative estimate of drug-likeness (QED) is 0.853. The van der Waals surface area contributed by atoms with E-state index in [4.69, 9.17) is 0 Å². The molecule has 0 atom stereocenters. The Balaban J connectivity index is 1.84. The van der Waals surface area contributed by atoms with Crippen molar-refractivity contribution in [3.63, 3.8) is 0 Å². The Kier molecular flexibility index (Phi) is 2.01. The average Bonchev–Trinajstić information content (AvgIpc) is 3.16. The molecule has 4 rings (SSSR count). The molecule has 2 aromatic carbocycles. The fraction of sp³-hybridized carbons (Fsp3) is 0.312. The molecular weight excluding hydrogens is 222 g/mol. The van der Waals surface area contributed by atoms with Crippen LogP contribution >= 0.6 is 0 Å². The van der Waals surface area contributed by atoms with Crippen LogP contribution in [0.5, 0.6) is 0 Å². The van der Waals surface area contributed by atoms with Crippen LogP contribution in [-0.4, -0.2) is 5.91 Å². The molecular formula is C16H15NO. The molecule has 1 saturated carbocycles. The third-order valence-corrected chi connectivity index (χ3v) is 4.08. The smallest absolute Gasteiger partial charge is 0.227 e. The van der Waals surface area contributed by atoms with E-state index in [-0.39, 0.29) is 11.8 Å². The molecule has 2 aliphatic rings. The van der Waals surface area contributed by atoms with Gasteiger partial charge >= 0.3 is 0 Å². The van der Waals surface area contributed by atoms with Gasteiger partial charge in [0.05, 0.1) is 0 Å². The summed E-state index contributed by atoms with van der Waals surface area (Å²) in [5.41, 5.74) is 3.82. The van der Waals surface area contributed by atoms with Crippen molar-refractivity contribution in [1.29, 1.82) is 0 Å². The largest absolute Gasteiger partial charge is 0.325 e. The first-order chi connectivity index (χ1) is 8.83. The van der Waals surface area contributed by atoms with Crippen molar-refractivity contribution in [3.05, 3.63) is 41.5 Å². The molecule has 0 unspecified atom stereocenters. The van der Waals surface area contributed by atoms with Crippen molar-refractivity contribution in [2.24, 2.45) is 5.92 Å². The number of hydrogen-bond donors (Lipinski definition) is 1. The van der Waals surface area contributed by atoms with Gasteiger partial charge in [-0.2, -0.15) is 0 Å². The Morgan fingerprint density at radius 3 is 2.61 bits per heavy atom. The van der Waals surface area contributed by atoms with Gasteiger partial charge in [-0.05, 0) is 48.3 Å².